The van der Waals surface area contributed by atoms with Crippen molar-refractivity contribution in [2.75, 3.05) is 29.1 Å². The molecule has 1 N–H and O–H groups in total. The second kappa shape index (κ2) is 9.96. The maximum Gasteiger partial charge on any atom is 0.234 e. The first kappa shape index (κ1) is 21.4. The minimum atomic E-state index is -0.0471. The molecule has 3 aromatic rings. The Labute approximate surface area is 188 Å². The van der Waals surface area contributed by atoms with Crippen LogP contribution in [0.5, 0.6) is 0 Å². The molecular weight excluding hydrogens is 404 g/mol. The van der Waals surface area contributed by atoms with Gasteiger partial charge in [-0.2, -0.15) is 0 Å². The Hall–Kier alpha value is -2.86. The van der Waals surface area contributed by atoms with Gasteiger partial charge in [-0.05, 0) is 80.6 Å². The Morgan fingerprint density at radius 3 is 2.29 bits per heavy atom. The average Bonchev–Trinajstić information content (AvgIpc) is 2.78. The van der Waals surface area contributed by atoms with E-state index in [1.54, 1.807) is 0 Å². The summed E-state index contributed by atoms with van der Waals surface area (Å²) in [7, 11) is 0. The molecule has 2 heterocycles. The van der Waals surface area contributed by atoms with Crippen molar-refractivity contribution in [1.82, 2.24) is 10.2 Å². The van der Waals surface area contributed by atoms with Gasteiger partial charge in [-0.15, -0.1) is 10.2 Å². The number of carbonyl (C=O) groups excluding carboxylic acids is 1. The molecule has 0 unspecified atom stereocenters. The molecule has 4 rings (SSSR count). The lowest BCUT2D eigenvalue weighted by molar-refractivity contribution is -0.113. The SMILES string of the molecule is Cc1cc(C)cc(NC(=O)CSc2ccc(-c3ccc(N4CCCCC4)cc3)nn2)c1. The molecule has 1 aliphatic heterocycles. The van der Waals surface area contributed by atoms with Gasteiger partial charge in [0.2, 0.25) is 5.91 Å². The summed E-state index contributed by atoms with van der Waals surface area (Å²) in [6.45, 7) is 6.33. The minimum Gasteiger partial charge on any atom is -0.372 e. The molecule has 6 heteroatoms. The van der Waals surface area contributed by atoms with Gasteiger partial charge in [0.25, 0.3) is 0 Å². The van der Waals surface area contributed by atoms with Crippen molar-refractivity contribution in [3.8, 4) is 11.3 Å². The zero-order valence-corrected chi connectivity index (χ0v) is 18.9. The van der Waals surface area contributed by atoms with Crippen LogP contribution in [-0.2, 0) is 4.79 Å². The summed E-state index contributed by atoms with van der Waals surface area (Å²) in [5.41, 5.74) is 6.27. The lowest BCUT2D eigenvalue weighted by Gasteiger charge is -2.28. The molecular formula is C25H28N4OS. The third-order valence-electron chi connectivity index (χ3n) is 5.38. The molecule has 0 bridgehead atoms. The van der Waals surface area contributed by atoms with Gasteiger partial charge in [-0.3, -0.25) is 4.79 Å². The first-order valence-electron chi connectivity index (χ1n) is 10.8. The maximum absolute atomic E-state index is 12.3. The molecule has 0 radical (unpaired) electrons. The second-order valence-corrected chi connectivity index (χ2v) is 9.06. The van der Waals surface area contributed by atoms with Crippen LogP contribution in [0, 0.1) is 13.8 Å². The summed E-state index contributed by atoms with van der Waals surface area (Å²) >= 11 is 1.39. The highest BCUT2D eigenvalue weighted by Crippen LogP contribution is 2.25. The number of anilines is 2. The predicted molar refractivity (Wildman–Crippen MR) is 129 cm³/mol. The van der Waals surface area contributed by atoms with Crippen molar-refractivity contribution in [1.29, 1.82) is 0 Å². The van der Waals surface area contributed by atoms with Crippen molar-refractivity contribution in [3.05, 3.63) is 65.7 Å². The average molecular weight is 433 g/mol. The summed E-state index contributed by atoms with van der Waals surface area (Å²) in [6, 6.07) is 18.5. The molecule has 0 spiro atoms. The Kier molecular flexibility index (Phi) is 6.87. The van der Waals surface area contributed by atoms with Crippen LogP contribution in [0.4, 0.5) is 11.4 Å². The number of carbonyl (C=O) groups is 1. The highest BCUT2D eigenvalue weighted by Gasteiger charge is 2.11. The highest BCUT2D eigenvalue weighted by molar-refractivity contribution is 7.99. The van der Waals surface area contributed by atoms with E-state index in [9.17, 15) is 4.79 Å². The number of rotatable bonds is 6. The number of hydrogen-bond acceptors (Lipinski definition) is 5. The zero-order chi connectivity index (χ0) is 21.6. The molecule has 1 aliphatic rings. The van der Waals surface area contributed by atoms with Gasteiger partial charge in [0, 0.05) is 30.0 Å². The van der Waals surface area contributed by atoms with Gasteiger partial charge in [-0.1, -0.05) is 30.0 Å². The van der Waals surface area contributed by atoms with Crippen molar-refractivity contribution < 1.29 is 4.79 Å². The van der Waals surface area contributed by atoms with Crippen LogP contribution in [0.2, 0.25) is 0 Å². The molecule has 160 valence electrons. The number of aryl methyl sites for hydroxylation is 2. The largest absolute Gasteiger partial charge is 0.372 e. The first-order valence-corrected chi connectivity index (χ1v) is 11.8. The number of aromatic nitrogens is 2. The van der Waals surface area contributed by atoms with Crippen LogP contribution in [0.3, 0.4) is 0 Å². The fourth-order valence-electron chi connectivity index (χ4n) is 3.93. The number of amides is 1. The van der Waals surface area contributed by atoms with Crippen LogP contribution in [0.15, 0.2) is 59.6 Å². The lowest BCUT2D eigenvalue weighted by Crippen LogP contribution is -2.29. The summed E-state index contributed by atoms with van der Waals surface area (Å²) in [5.74, 6) is 0.250. The predicted octanol–water partition coefficient (Wildman–Crippen LogP) is 5.48. The van der Waals surface area contributed by atoms with Gasteiger partial charge in [0.1, 0.15) is 5.03 Å². The van der Waals surface area contributed by atoms with Gasteiger partial charge >= 0.3 is 0 Å². The van der Waals surface area contributed by atoms with Gasteiger partial charge in [0.15, 0.2) is 0 Å². The van der Waals surface area contributed by atoms with Crippen LogP contribution < -0.4 is 10.2 Å². The van der Waals surface area contributed by atoms with E-state index in [0.29, 0.717) is 5.75 Å². The van der Waals surface area contributed by atoms with E-state index in [-0.39, 0.29) is 5.91 Å². The molecule has 5 nitrogen and oxygen atoms in total. The number of nitrogens with zero attached hydrogens (tertiary/aromatic N) is 3. The molecule has 0 saturated carbocycles. The lowest BCUT2D eigenvalue weighted by atomic mass is 10.1. The van der Waals surface area contributed by atoms with Crippen molar-refractivity contribution in [2.45, 2.75) is 38.1 Å². The molecule has 31 heavy (non-hydrogen) atoms. The Morgan fingerprint density at radius 1 is 0.935 bits per heavy atom. The van der Waals surface area contributed by atoms with E-state index >= 15 is 0 Å². The van der Waals surface area contributed by atoms with E-state index in [0.717, 1.165) is 46.2 Å². The molecule has 2 aromatic carbocycles. The van der Waals surface area contributed by atoms with Crippen LogP contribution in [-0.4, -0.2) is 34.9 Å². The second-order valence-electron chi connectivity index (χ2n) is 8.06. The monoisotopic (exact) mass is 432 g/mol. The smallest absolute Gasteiger partial charge is 0.234 e. The van der Waals surface area contributed by atoms with Gasteiger partial charge < -0.3 is 10.2 Å². The third-order valence-corrected chi connectivity index (χ3v) is 6.30. The Bertz CT molecular complexity index is 1010. The Balaban J connectivity index is 1.32. The van der Waals surface area contributed by atoms with Crippen LogP contribution in [0.25, 0.3) is 11.3 Å². The quantitative estimate of drug-likeness (QED) is 0.523. The first-order chi connectivity index (χ1) is 15.1. The number of nitrogens with one attached hydrogen (secondary N) is 1. The summed E-state index contributed by atoms with van der Waals surface area (Å²) in [6.07, 6.45) is 3.88. The van der Waals surface area contributed by atoms with Crippen molar-refractivity contribution in [2.24, 2.45) is 0 Å². The van der Waals surface area contributed by atoms with E-state index in [2.05, 4.69) is 50.7 Å². The number of piperidine rings is 1. The summed E-state index contributed by atoms with van der Waals surface area (Å²) in [4.78, 5) is 14.7. The highest BCUT2D eigenvalue weighted by atomic mass is 32.2. The zero-order valence-electron chi connectivity index (χ0n) is 18.1. The maximum atomic E-state index is 12.3. The topological polar surface area (TPSA) is 58.1 Å². The van der Waals surface area contributed by atoms with E-state index in [1.807, 2.05) is 38.1 Å². The third kappa shape index (κ3) is 5.85. The van der Waals surface area contributed by atoms with Crippen molar-refractivity contribution in [3.63, 3.8) is 0 Å². The van der Waals surface area contributed by atoms with E-state index < -0.39 is 0 Å². The van der Waals surface area contributed by atoms with Gasteiger partial charge in [-0.25, -0.2) is 0 Å². The molecule has 0 atom stereocenters. The fraction of sp³-hybridized carbons (Fsp3) is 0.320. The summed E-state index contributed by atoms with van der Waals surface area (Å²) < 4.78 is 0. The number of benzene rings is 2. The van der Waals surface area contributed by atoms with Crippen molar-refractivity contribution >= 4 is 29.0 Å². The van der Waals surface area contributed by atoms with E-state index in [4.69, 9.17) is 0 Å². The standard InChI is InChI=1S/C25H28N4OS/c1-18-14-19(2)16-21(15-18)26-24(30)17-31-25-11-10-23(27-28-25)20-6-8-22(9-7-20)29-12-4-3-5-13-29/h6-11,14-16H,3-5,12-13,17H2,1-2H3,(H,26,30). The molecule has 1 fully saturated rings. The van der Waals surface area contributed by atoms with Crippen LogP contribution in [0.1, 0.15) is 30.4 Å². The molecule has 1 saturated heterocycles. The van der Waals surface area contributed by atoms with E-state index in [1.165, 1.54) is 36.7 Å². The normalized spacial score (nSPS) is 13.8. The molecule has 1 amide bonds. The Morgan fingerprint density at radius 2 is 1.65 bits per heavy atom. The fourth-order valence-corrected chi connectivity index (χ4v) is 4.54. The molecule has 0 aliphatic carbocycles. The minimum absolute atomic E-state index is 0.0471. The molecule has 1 aromatic heterocycles. The number of hydrogen-bond donors (Lipinski definition) is 1. The van der Waals surface area contributed by atoms with Crippen LogP contribution >= 0.6 is 11.8 Å². The summed E-state index contributed by atoms with van der Waals surface area (Å²) in [5, 5.41) is 12.3. The van der Waals surface area contributed by atoms with Gasteiger partial charge in [0.05, 0.1) is 11.4 Å². The number of thioether (sulfide) groups is 1.